The molecule has 0 radical (unpaired) electrons. The molecule has 2 spiro atoms. The molecule has 0 aromatic carbocycles. The number of piperidine rings is 1. The van der Waals surface area contributed by atoms with E-state index in [1.807, 2.05) is 4.90 Å². The van der Waals surface area contributed by atoms with Crippen molar-refractivity contribution in [2.24, 2.45) is 17.3 Å². The van der Waals surface area contributed by atoms with Gasteiger partial charge in [0.25, 0.3) is 0 Å². The van der Waals surface area contributed by atoms with E-state index in [9.17, 15) is 4.79 Å². The summed E-state index contributed by atoms with van der Waals surface area (Å²) in [6.07, 6.45) is 5.20. The third-order valence-electron chi connectivity index (χ3n) is 7.43. The van der Waals surface area contributed by atoms with Crippen LogP contribution in [0.1, 0.15) is 46.5 Å². The predicted molar refractivity (Wildman–Crippen MR) is 103 cm³/mol. The molecule has 3 aliphatic heterocycles. The Kier molecular flexibility index (Phi) is 5.08. The van der Waals surface area contributed by atoms with Gasteiger partial charge in [-0.2, -0.15) is 0 Å². The monoisotopic (exact) mass is 363 g/mol. The second-order valence-electron chi connectivity index (χ2n) is 10.1. The molecule has 0 bridgehead atoms. The fourth-order valence-electron chi connectivity index (χ4n) is 5.97. The van der Waals surface area contributed by atoms with Gasteiger partial charge in [-0.15, -0.1) is 0 Å². The first-order chi connectivity index (χ1) is 12.4. The van der Waals surface area contributed by atoms with E-state index in [0.29, 0.717) is 11.0 Å². The van der Waals surface area contributed by atoms with Crippen molar-refractivity contribution in [1.29, 1.82) is 0 Å². The van der Waals surface area contributed by atoms with Crippen molar-refractivity contribution in [3.8, 4) is 0 Å². The highest BCUT2D eigenvalue weighted by atomic mass is 16.5. The maximum absolute atomic E-state index is 11.6. The number of amides is 1. The normalized spacial score (nSPS) is 29.2. The highest BCUT2D eigenvalue weighted by Gasteiger charge is 2.51. The fourth-order valence-corrected chi connectivity index (χ4v) is 5.97. The van der Waals surface area contributed by atoms with Crippen LogP contribution in [0.25, 0.3) is 0 Å². The van der Waals surface area contributed by atoms with E-state index in [4.69, 9.17) is 4.74 Å². The number of likely N-dealkylation sites (tertiary alicyclic amines) is 1. The Bertz CT molecular complexity index is 515. The molecular formula is C21H37N3O2. The Morgan fingerprint density at radius 3 is 2.35 bits per heavy atom. The zero-order valence-corrected chi connectivity index (χ0v) is 17.0. The summed E-state index contributed by atoms with van der Waals surface area (Å²) in [6, 6.07) is 0. The fraction of sp³-hybridized carbons (Fsp3) is 0.952. The van der Waals surface area contributed by atoms with Gasteiger partial charge in [0.15, 0.2) is 0 Å². The van der Waals surface area contributed by atoms with E-state index in [2.05, 4.69) is 23.6 Å². The van der Waals surface area contributed by atoms with Gasteiger partial charge in [-0.1, -0.05) is 13.8 Å². The smallest absolute Gasteiger partial charge is 0.219 e. The van der Waals surface area contributed by atoms with Gasteiger partial charge < -0.3 is 9.64 Å². The largest absolute Gasteiger partial charge is 0.377 e. The average Bonchev–Trinajstić information content (AvgIpc) is 2.53. The molecule has 4 aliphatic rings. The third kappa shape index (κ3) is 3.55. The van der Waals surface area contributed by atoms with Crippen LogP contribution in [-0.2, 0) is 9.53 Å². The van der Waals surface area contributed by atoms with Gasteiger partial charge >= 0.3 is 0 Å². The third-order valence-corrected chi connectivity index (χ3v) is 7.43. The first kappa shape index (κ1) is 18.7. The molecule has 3 heterocycles. The van der Waals surface area contributed by atoms with Crippen LogP contribution in [0.15, 0.2) is 0 Å². The van der Waals surface area contributed by atoms with Gasteiger partial charge in [-0.3, -0.25) is 14.6 Å². The van der Waals surface area contributed by atoms with Gasteiger partial charge in [-0.05, 0) is 42.9 Å². The number of piperazine rings is 1. The maximum Gasteiger partial charge on any atom is 0.219 e. The van der Waals surface area contributed by atoms with Crippen molar-refractivity contribution >= 4 is 5.91 Å². The zero-order chi connectivity index (χ0) is 18.4. The minimum atomic E-state index is 0.252. The number of carbonyl (C=O) groups excluding carboxylic acids is 1. The SMILES string of the molecule is CC(=O)N1CCC2(CC1)CC(CN1CCN(CC(C)C)CC13COC3)C2. The lowest BCUT2D eigenvalue weighted by Crippen LogP contribution is -2.72. The second-order valence-corrected chi connectivity index (χ2v) is 10.1. The summed E-state index contributed by atoms with van der Waals surface area (Å²) in [4.78, 5) is 19.0. The van der Waals surface area contributed by atoms with Crippen LogP contribution < -0.4 is 0 Å². The standard InChI is InChI=1S/C21H37N3O2/c1-17(2)12-22-8-9-24(21(14-22)15-26-16-21)13-19-10-20(11-19)4-6-23(7-5-20)18(3)25/h17,19H,4-16H2,1-3H3. The maximum atomic E-state index is 11.6. The van der Waals surface area contributed by atoms with Crippen molar-refractivity contribution in [2.75, 3.05) is 59.0 Å². The zero-order valence-electron chi connectivity index (χ0n) is 17.0. The Morgan fingerprint density at radius 2 is 1.81 bits per heavy atom. The van der Waals surface area contributed by atoms with E-state index < -0.39 is 0 Å². The van der Waals surface area contributed by atoms with Crippen LogP contribution >= 0.6 is 0 Å². The Balaban J connectivity index is 1.27. The first-order valence-corrected chi connectivity index (χ1v) is 10.7. The van der Waals surface area contributed by atoms with E-state index in [1.54, 1.807) is 6.92 Å². The van der Waals surface area contributed by atoms with Crippen molar-refractivity contribution in [3.63, 3.8) is 0 Å². The molecule has 0 N–H and O–H groups in total. The van der Waals surface area contributed by atoms with E-state index >= 15 is 0 Å². The highest BCUT2D eigenvalue weighted by molar-refractivity contribution is 5.73. The molecule has 1 aliphatic carbocycles. The Morgan fingerprint density at radius 1 is 1.12 bits per heavy atom. The molecule has 5 heteroatoms. The number of rotatable bonds is 4. The van der Waals surface area contributed by atoms with Crippen LogP contribution in [0.4, 0.5) is 0 Å². The van der Waals surface area contributed by atoms with Gasteiger partial charge in [0.2, 0.25) is 5.91 Å². The van der Waals surface area contributed by atoms with E-state index in [1.165, 1.54) is 58.4 Å². The quantitative estimate of drug-likeness (QED) is 0.766. The lowest BCUT2D eigenvalue weighted by Gasteiger charge is -2.59. The van der Waals surface area contributed by atoms with Crippen LogP contribution in [0, 0.1) is 17.3 Å². The lowest BCUT2D eigenvalue weighted by atomic mass is 9.57. The topological polar surface area (TPSA) is 36.0 Å². The molecule has 148 valence electrons. The number of carbonyl (C=O) groups is 1. The summed E-state index contributed by atoms with van der Waals surface area (Å²) in [6.45, 7) is 16.2. The minimum Gasteiger partial charge on any atom is -0.377 e. The summed E-state index contributed by atoms with van der Waals surface area (Å²) in [5, 5.41) is 0. The number of nitrogens with zero attached hydrogens (tertiary/aromatic N) is 3. The number of hydrogen-bond donors (Lipinski definition) is 0. The summed E-state index contributed by atoms with van der Waals surface area (Å²) in [5.74, 6) is 1.85. The van der Waals surface area contributed by atoms with Crippen LogP contribution in [0.2, 0.25) is 0 Å². The van der Waals surface area contributed by atoms with Crippen LogP contribution in [0.3, 0.4) is 0 Å². The van der Waals surface area contributed by atoms with Crippen molar-refractivity contribution in [3.05, 3.63) is 0 Å². The molecule has 0 atom stereocenters. The Labute approximate surface area is 159 Å². The molecular weight excluding hydrogens is 326 g/mol. The number of ether oxygens (including phenoxy) is 1. The molecule has 3 saturated heterocycles. The molecule has 26 heavy (non-hydrogen) atoms. The first-order valence-electron chi connectivity index (χ1n) is 10.7. The number of hydrogen-bond acceptors (Lipinski definition) is 4. The van der Waals surface area contributed by atoms with Gasteiger partial charge in [0.1, 0.15) is 0 Å². The van der Waals surface area contributed by atoms with E-state index in [0.717, 1.165) is 38.1 Å². The Hall–Kier alpha value is -0.650. The molecule has 4 fully saturated rings. The average molecular weight is 364 g/mol. The minimum absolute atomic E-state index is 0.252. The molecule has 0 aromatic heterocycles. The molecule has 1 amide bonds. The summed E-state index contributed by atoms with van der Waals surface area (Å²) >= 11 is 0. The molecule has 0 unspecified atom stereocenters. The molecule has 5 nitrogen and oxygen atoms in total. The lowest BCUT2D eigenvalue weighted by molar-refractivity contribution is -0.180. The van der Waals surface area contributed by atoms with Crippen molar-refractivity contribution in [2.45, 2.75) is 52.0 Å². The van der Waals surface area contributed by atoms with Gasteiger partial charge in [0, 0.05) is 52.7 Å². The van der Waals surface area contributed by atoms with Crippen molar-refractivity contribution < 1.29 is 9.53 Å². The van der Waals surface area contributed by atoms with E-state index in [-0.39, 0.29) is 5.91 Å². The van der Waals surface area contributed by atoms with Crippen LogP contribution in [0.5, 0.6) is 0 Å². The summed E-state index contributed by atoms with van der Waals surface area (Å²) in [7, 11) is 0. The van der Waals surface area contributed by atoms with Crippen LogP contribution in [-0.4, -0.2) is 85.2 Å². The van der Waals surface area contributed by atoms with Gasteiger partial charge in [-0.25, -0.2) is 0 Å². The summed E-state index contributed by atoms with van der Waals surface area (Å²) in [5.41, 5.74) is 0.854. The molecule has 4 rings (SSSR count). The summed E-state index contributed by atoms with van der Waals surface area (Å²) < 4.78 is 5.67. The molecule has 1 saturated carbocycles. The van der Waals surface area contributed by atoms with Crippen molar-refractivity contribution in [1.82, 2.24) is 14.7 Å². The molecule has 0 aromatic rings. The second kappa shape index (κ2) is 7.06. The van der Waals surface area contributed by atoms with Gasteiger partial charge in [0.05, 0.1) is 18.8 Å². The highest BCUT2D eigenvalue weighted by Crippen LogP contribution is 2.53. The predicted octanol–water partition coefficient (Wildman–Crippen LogP) is 2.07.